The lowest BCUT2D eigenvalue weighted by Crippen LogP contribution is -2.27. The van der Waals surface area contributed by atoms with E-state index >= 15 is 0 Å². The van der Waals surface area contributed by atoms with Gasteiger partial charge in [-0.05, 0) is 39.0 Å². The Bertz CT molecular complexity index is 640. The minimum atomic E-state index is -0.575. The van der Waals surface area contributed by atoms with Gasteiger partial charge in [0.15, 0.2) is 0 Å². The molecule has 5 nitrogen and oxygen atoms in total. The lowest BCUT2D eigenvalue weighted by Gasteiger charge is -2.13. The van der Waals surface area contributed by atoms with Crippen molar-refractivity contribution in [2.45, 2.75) is 26.9 Å². The van der Waals surface area contributed by atoms with E-state index in [4.69, 9.17) is 4.74 Å². The Morgan fingerprint density at radius 3 is 2.86 bits per heavy atom. The Labute approximate surface area is 122 Å². The number of ether oxygens (including phenoxy) is 1. The number of nitrogens with zero attached hydrogens (tertiary/aromatic N) is 2. The van der Waals surface area contributed by atoms with Crippen LogP contribution in [0.4, 0.5) is 10.1 Å². The van der Waals surface area contributed by atoms with Gasteiger partial charge in [0.2, 0.25) is 0 Å². The van der Waals surface area contributed by atoms with Crippen molar-refractivity contribution in [3.8, 4) is 5.69 Å². The first kappa shape index (κ1) is 15.2. The Hall–Kier alpha value is -2.21. The minimum Gasteiger partial charge on any atom is -0.369 e. The third-order valence-electron chi connectivity index (χ3n) is 3.09. The summed E-state index contributed by atoms with van der Waals surface area (Å²) in [5.74, 6) is -0.0450. The van der Waals surface area contributed by atoms with Gasteiger partial charge in [-0.3, -0.25) is 4.79 Å². The molecule has 112 valence electrons. The van der Waals surface area contributed by atoms with E-state index in [-0.39, 0.29) is 5.91 Å². The van der Waals surface area contributed by atoms with Crippen molar-refractivity contribution in [3.05, 3.63) is 42.2 Å². The Kier molecular flexibility index (Phi) is 4.70. The highest BCUT2D eigenvalue weighted by molar-refractivity contribution is 5.93. The summed E-state index contributed by atoms with van der Waals surface area (Å²) in [5.41, 5.74) is 0.784. The lowest BCUT2D eigenvalue weighted by molar-refractivity contribution is -0.126. The minimum absolute atomic E-state index is 0.303. The van der Waals surface area contributed by atoms with Crippen molar-refractivity contribution in [2.75, 3.05) is 11.9 Å². The van der Waals surface area contributed by atoms with Crippen molar-refractivity contribution < 1.29 is 13.9 Å². The highest BCUT2D eigenvalue weighted by Gasteiger charge is 2.14. The summed E-state index contributed by atoms with van der Waals surface area (Å²) in [7, 11) is 0. The van der Waals surface area contributed by atoms with Gasteiger partial charge in [0.05, 0.1) is 5.69 Å². The van der Waals surface area contributed by atoms with Gasteiger partial charge in [0.1, 0.15) is 17.7 Å². The van der Waals surface area contributed by atoms with E-state index in [2.05, 4.69) is 10.3 Å². The summed E-state index contributed by atoms with van der Waals surface area (Å²) >= 11 is 0. The smallest absolute Gasteiger partial charge is 0.253 e. The number of anilines is 1. The van der Waals surface area contributed by atoms with E-state index in [0.717, 1.165) is 0 Å². The lowest BCUT2D eigenvalue weighted by atomic mass is 10.2. The van der Waals surface area contributed by atoms with Crippen LogP contribution in [0, 0.1) is 12.7 Å². The fraction of sp³-hybridized carbons (Fsp3) is 0.333. The molecule has 1 atom stereocenters. The number of aryl methyl sites for hydroxylation is 1. The summed E-state index contributed by atoms with van der Waals surface area (Å²) in [5, 5.41) is 2.63. The first-order chi connectivity index (χ1) is 10.0. The fourth-order valence-electron chi connectivity index (χ4n) is 1.98. The number of amides is 1. The molecule has 0 spiro atoms. The first-order valence-corrected chi connectivity index (χ1v) is 6.75. The number of benzene rings is 1. The van der Waals surface area contributed by atoms with Crippen molar-refractivity contribution >= 4 is 11.6 Å². The molecule has 0 aliphatic rings. The first-order valence-electron chi connectivity index (χ1n) is 6.75. The zero-order chi connectivity index (χ0) is 15.4. The van der Waals surface area contributed by atoms with E-state index in [1.54, 1.807) is 42.9 Å². The largest absolute Gasteiger partial charge is 0.369 e. The molecule has 0 saturated carbocycles. The Balaban J connectivity index is 2.16. The van der Waals surface area contributed by atoms with Crippen LogP contribution in [0.25, 0.3) is 5.69 Å². The molecule has 0 bridgehead atoms. The van der Waals surface area contributed by atoms with Crippen molar-refractivity contribution in [2.24, 2.45) is 0 Å². The molecule has 1 amide bonds. The quantitative estimate of drug-likeness (QED) is 0.921. The number of rotatable bonds is 5. The molecule has 0 aliphatic heterocycles. The second kappa shape index (κ2) is 6.49. The average Bonchev–Trinajstić information content (AvgIpc) is 2.85. The molecule has 0 aliphatic carbocycles. The monoisotopic (exact) mass is 291 g/mol. The van der Waals surface area contributed by atoms with E-state index in [1.165, 1.54) is 6.07 Å². The van der Waals surface area contributed by atoms with Crippen molar-refractivity contribution in [1.29, 1.82) is 0 Å². The SMILES string of the molecule is CCOC(C)C(=O)Nc1ccc(-n2ccnc2C)c(F)c1. The van der Waals surface area contributed by atoms with Crippen molar-refractivity contribution in [3.63, 3.8) is 0 Å². The molecule has 1 unspecified atom stereocenters. The maximum atomic E-state index is 14.2. The van der Waals surface area contributed by atoms with Crippen molar-refractivity contribution in [1.82, 2.24) is 9.55 Å². The van der Waals surface area contributed by atoms with Crippen LogP contribution >= 0.6 is 0 Å². The molecule has 6 heteroatoms. The Morgan fingerprint density at radius 2 is 2.29 bits per heavy atom. The van der Waals surface area contributed by atoms with E-state index in [1.807, 2.05) is 6.92 Å². The predicted molar refractivity (Wildman–Crippen MR) is 78.0 cm³/mol. The van der Waals surface area contributed by atoms with Gasteiger partial charge in [-0.15, -0.1) is 0 Å². The van der Waals surface area contributed by atoms with E-state index < -0.39 is 11.9 Å². The molecule has 2 aromatic rings. The van der Waals surface area contributed by atoms with Gasteiger partial charge >= 0.3 is 0 Å². The summed E-state index contributed by atoms with van der Waals surface area (Å²) in [6.07, 6.45) is 2.71. The van der Waals surface area contributed by atoms with Crippen LogP contribution in [0.5, 0.6) is 0 Å². The van der Waals surface area contributed by atoms with Gasteiger partial charge < -0.3 is 14.6 Å². The van der Waals surface area contributed by atoms with Crippen LogP contribution in [0.3, 0.4) is 0 Å². The molecule has 2 rings (SSSR count). The molecule has 0 saturated heterocycles. The molecule has 1 N–H and O–H groups in total. The van der Waals surface area contributed by atoms with Gasteiger partial charge in [0.25, 0.3) is 5.91 Å². The number of nitrogens with one attached hydrogen (secondary N) is 1. The summed E-state index contributed by atoms with van der Waals surface area (Å²) in [6, 6.07) is 4.53. The van der Waals surface area contributed by atoms with Crippen LogP contribution < -0.4 is 5.32 Å². The molecule has 21 heavy (non-hydrogen) atoms. The number of imidazole rings is 1. The molecule has 0 radical (unpaired) electrons. The molecule has 1 aromatic carbocycles. The third-order valence-corrected chi connectivity index (χ3v) is 3.09. The van der Waals surface area contributed by atoms with Crippen LogP contribution in [0.2, 0.25) is 0 Å². The summed E-state index contributed by atoms with van der Waals surface area (Å²) in [6.45, 7) is 5.70. The second-order valence-electron chi connectivity index (χ2n) is 4.60. The van der Waals surface area contributed by atoms with E-state index in [9.17, 15) is 9.18 Å². The Morgan fingerprint density at radius 1 is 1.52 bits per heavy atom. The average molecular weight is 291 g/mol. The summed E-state index contributed by atoms with van der Waals surface area (Å²) < 4.78 is 21.0. The predicted octanol–water partition coefficient (Wildman–Crippen LogP) is 2.68. The zero-order valence-corrected chi connectivity index (χ0v) is 12.3. The van der Waals surface area contributed by atoms with Gasteiger partial charge in [-0.1, -0.05) is 0 Å². The van der Waals surface area contributed by atoms with Gasteiger partial charge in [-0.25, -0.2) is 9.37 Å². The van der Waals surface area contributed by atoms with Crippen LogP contribution in [0.1, 0.15) is 19.7 Å². The zero-order valence-electron chi connectivity index (χ0n) is 12.3. The van der Waals surface area contributed by atoms with Gasteiger partial charge in [0, 0.05) is 24.7 Å². The maximum absolute atomic E-state index is 14.2. The number of carbonyl (C=O) groups excluding carboxylic acids is 1. The van der Waals surface area contributed by atoms with Crippen LogP contribution in [-0.2, 0) is 9.53 Å². The molecule has 1 aromatic heterocycles. The number of hydrogen-bond acceptors (Lipinski definition) is 3. The number of hydrogen-bond donors (Lipinski definition) is 1. The van der Waals surface area contributed by atoms with E-state index in [0.29, 0.717) is 23.8 Å². The van der Waals surface area contributed by atoms with Crippen LogP contribution in [0.15, 0.2) is 30.6 Å². The third kappa shape index (κ3) is 3.46. The molecule has 1 heterocycles. The fourth-order valence-corrected chi connectivity index (χ4v) is 1.98. The number of halogens is 1. The number of carbonyl (C=O) groups is 1. The molecular weight excluding hydrogens is 273 g/mol. The molecular formula is C15H18FN3O2. The maximum Gasteiger partial charge on any atom is 0.253 e. The highest BCUT2D eigenvalue weighted by atomic mass is 19.1. The number of aromatic nitrogens is 2. The second-order valence-corrected chi connectivity index (χ2v) is 4.60. The summed E-state index contributed by atoms with van der Waals surface area (Å²) in [4.78, 5) is 15.9. The normalized spacial score (nSPS) is 12.2. The van der Waals surface area contributed by atoms with Crippen LogP contribution in [-0.4, -0.2) is 28.2 Å². The molecule has 0 fully saturated rings. The highest BCUT2D eigenvalue weighted by Crippen LogP contribution is 2.19. The topological polar surface area (TPSA) is 56.1 Å². The van der Waals surface area contributed by atoms with Gasteiger partial charge in [-0.2, -0.15) is 0 Å². The standard InChI is InChI=1S/C15H18FN3O2/c1-4-21-10(2)15(20)18-12-5-6-14(13(16)9-12)19-8-7-17-11(19)3/h5-10H,4H2,1-3H3,(H,18,20).